The molecule has 1 saturated heterocycles. The molecule has 0 bridgehead atoms. The highest BCUT2D eigenvalue weighted by molar-refractivity contribution is 6.31. The van der Waals surface area contributed by atoms with Crippen LogP contribution in [-0.4, -0.2) is 19.0 Å². The Kier molecular flexibility index (Phi) is 5.65. The van der Waals surface area contributed by atoms with Gasteiger partial charge in [0.15, 0.2) is 0 Å². The molecule has 1 aliphatic heterocycles. The van der Waals surface area contributed by atoms with Crippen molar-refractivity contribution in [2.75, 3.05) is 13.1 Å². The molecule has 1 fully saturated rings. The topological polar surface area (TPSA) is 41.1 Å². The lowest BCUT2D eigenvalue weighted by Crippen LogP contribution is -2.48. The van der Waals surface area contributed by atoms with Crippen molar-refractivity contribution in [2.24, 2.45) is 5.41 Å². The summed E-state index contributed by atoms with van der Waals surface area (Å²) in [7, 11) is 0. The van der Waals surface area contributed by atoms with E-state index in [4.69, 9.17) is 11.6 Å². The van der Waals surface area contributed by atoms with Gasteiger partial charge in [-0.1, -0.05) is 43.1 Å². The number of piperidine rings is 1. The zero-order chi connectivity index (χ0) is 15.3. The van der Waals surface area contributed by atoms with E-state index in [0.717, 1.165) is 44.3 Å². The van der Waals surface area contributed by atoms with Crippen LogP contribution in [0, 0.1) is 5.41 Å². The fourth-order valence-corrected chi connectivity index (χ4v) is 3.53. The average Bonchev–Trinajstić information content (AvgIpc) is 2.48. The number of hydrogen-bond acceptors (Lipinski definition) is 2. The first kappa shape index (κ1) is 16.3. The summed E-state index contributed by atoms with van der Waals surface area (Å²) in [6, 6.07) is 7.64. The summed E-state index contributed by atoms with van der Waals surface area (Å²) in [5.41, 5.74) is 0.767. The minimum atomic E-state index is -0.213. The van der Waals surface area contributed by atoms with Crippen LogP contribution in [0.15, 0.2) is 24.3 Å². The van der Waals surface area contributed by atoms with E-state index in [9.17, 15) is 4.79 Å². The summed E-state index contributed by atoms with van der Waals surface area (Å²) in [6.45, 7) is 6.00. The van der Waals surface area contributed by atoms with Gasteiger partial charge >= 0.3 is 0 Å². The van der Waals surface area contributed by atoms with Crippen LogP contribution in [-0.2, 0) is 4.79 Å². The second-order valence-electron chi connectivity index (χ2n) is 6.00. The third-order valence-electron chi connectivity index (χ3n) is 4.49. The molecule has 4 heteroatoms. The molecule has 1 atom stereocenters. The third kappa shape index (κ3) is 3.78. The van der Waals surface area contributed by atoms with Gasteiger partial charge in [-0.2, -0.15) is 0 Å². The highest BCUT2D eigenvalue weighted by Crippen LogP contribution is 2.35. The van der Waals surface area contributed by atoms with E-state index in [1.807, 2.05) is 31.2 Å². The summed E-state index contributed by atoms with van der Waals surface area (Å²) in [6.07, 6.45) is 3.83. The van der Waals surface area contributed by atoms with E-state index >= 15 is 0 Å². The highest BCUT2D eigenvalue weighted by Gasteiger charge is 2.39. The van der Waals surface area contributed by atoms with Crippen molar-refractivity contribution in [1.82, 2.24) is 10.6 Å². The van der Waals surface area contributed by atoms with Gasteiger partial charge in [-0.05, 0) is 50.9 Å². The maximum atomic E-state index is 12.8. The van der Waals surface area contributed by atoms with Gasteiger partial charge in [0.25, 0.3) is 0 Å². The van der Waals surface area contributed by atoms with Crippen LogP contribution in [0.25, 0.3) is 0 Å². The Morgan fingerprint density at radius 1 is 1.38 bits per heavy atom. The van der Waals surface area contributed by atoms with E-state index in [0.29, 0.717) is 5.02 Å². The number of amides is 1. The van der Waals surface area contributed by atoms with Crippen LogP contribution in [0.2, 0.25) is 5.02 Å². The summed E-state index contributed by atoms with van der Waals surface area (Å²) >= 11 is 6.22. The maximum Gasteiger partial charge on any atom is 0.226 e. The van der Waals surface area contributed by atoms with Crippen LogP contribution in [0.3, 0.4) is 0 Å². The van der Waals surface area contributed by atoms with Gasteiger partial charge in [0.2, 0.25) is 5.91 Å². The van der Waals surface area contributed by atoms with Crippen molar-refractivity contribution in [3.63, 3.8) is 0 Å². The number of nitrogens with one attached hydrogen (secondary N) is 2. The van der Waals surface area contributed by atoms with Gasteiger partial charge in [-0.25, -0.2) is 0 Å². The molecule has 1 heterocycles. The Morgan fingerprint density at radius 3 is 2.67 bits per heavy atom. The zero-order valence-corrected chi connectivity index (χ0v) is 13.7. The summed E-state index contributed by atoms with van der Waals surface area (Å²) in [5.74, 6) is 0.179. The number of hydrogen-bond donors (Lipinski definition) is 2. The molecule has 3 nitrogen and oxygen atoms in total. The molecule has 2 N–H and O–H groups in total. The molecule has 1 aliphatic rings. The molecule has 2 rings (SSSR count). The minimum Gasteiger partial charge on any atom is -0.349 e. The van der Waals surface area contributed by atoms with Crippen LogP contribution in [0.5, 0.6) is 0 Å². The average molecular weight is 309 g/mol. The van der Waals surface area contributed by atoms with Gasteiger partial charge < -0.3 is 10.6 Å². The lowest BCUT2D eigenvalue weighted by Gasteiger charge is -2.37. The predicted octanol–water partition coefficient (Wildman–Crippen LogP) is 3.69. The number of carbonyl (C=O) groups excluding carboxylic acids is 1. The number of carbonyl (C=O) groups is 1. The zero-order valence-electron chi connectivity index (χ0n) is 12.9. The van der Waals surface area contributed by atoms with E-state index in [2.05, 4.69) is 17.6 Å². The Labute approximate surface area is 132 Å². The number of benzene rings is 1. The van der Waals surface area contributed by atoms with E-state index < -0.39 is 0 Å². The lowest BCUT2D eigenvalue weighted by molar-refractivity contribution is -0.133. The normalized spacial score (nSPS) is 19.0. The molecule has 0 aliphatic carbocycles. The molecule has 21 heavy (non-hydrogen) atoms. The Balaban J connectivity index is 2.10. The molecule has 0 spiro atoms. The Hall–Kier alpha value is -1.06. The maximum absolute atomic E-state index is 12.8. The van der Waals surface area contributed by atoms with Crippen LogP contribution in [0.4, 0.5) is 0 Å². The molecule has 0 saturated carbocycles. The molecule has 1 unspecified atom stereocenters. The lowest BCUT2D eigenvalue weighted by atomic mass is 9.74. The van der Waals surface area contributed by atoms with Gasteiger partial charge in [0.1, 0.15) is 0 Å². The smallest absolute Gasteiger partial charge is 0.226 e. The molecule has 0 aromatic heterocycles. The van der Waals surface area contributed by atoms with Crippen LogP contribution >= 0.6 is 11.6 Å². The van der Waals surface area contributed by atoms with Crippen molar-refractivity contribution in [3.05, 3.63) is 34.9 Å². The first-order valence-corrected chi connectivity index (χ1v) is 8.23. The first-order chi connectivity index (χ1) is 10.1. The van der Waals surface area contributed by atoms with Crippen molar-refractivity contribution in [2.45, 2.75) is 45.6 Å². The number of halogens is 1. The molecule has 1 amide bonds. The monoisotopic (exact) mass is 308 g/mol. The second kappa shape index (κ2) is 7.28. The molecule has 116 valence electrons. The van der Waals surface area contributed by atoms with Gasteiger partial charge in [-0.3, -0.25) is 4.79 Å². The Morgan fingerprint density at radius 2 is 2.05 bits per heavy atom. The van der Waals surface area contributed by atoms with Crippen LogP contribution in [0.1, 0.15) is 51.1 Å². The molecule has 1 aromatic carbocycles. The van der Waals surface area contributed by atoms with E-state index in [1.165, 1.54) is 0 Å². The SMILES string of the molecule is CCCC1(C(=O)NC(C)c2ccccc2Cl)CCNCC1. The molecule has 0 radical (unpaired) electrons. The molecular formula is C17H25ClN2O. The summed E-state index contributed by atoms with van der Waals surface area (Å²) in [4.78, 5) is 12.8. The van der Waals surface area contributed by atoms with Crippen molar-refractivity contribution >= 4 is 17.5 Å². The summed E-state index contributed by atoms with van der Waals surface area (Å²) < 4.78 is 0. The van der Waals surface area contributed by atoms with Crippen molar-refractivity contribution < 1.29 is 4.79 Å². The van der Waals surface area contributed by atoms with Crippen LogP contribution < -0.4 is 10.6 Å². The second-order valence-corrected chi connectivity index (χ2v) is 6.40. The quantitative estimate of drug-likeness (QED) is 0.871. The fraction of sp³-hybridized carbons (Fsp3) is 0.588. The van der Waals surface area contributed by atoms with Gasteiger partial charge in [0.05, 0.1) is 11.5 Å². The van der Waals surface area contributed by atoms with E-state index in [-0.39, 0.29) is 17.4 Å². The highest BCUT2D eigenvalue weighted by atomic mass is 35.5. The standard InChI is InChI=1S/C17H25ClN2O/c1-3-8-17(9-11-19-12-10-17)16(21)20-13(2)14-6-4-5-7-15(14)18/h4-7,13,19H,3,8-12H2,1-2H3,(H,20,21). The molecule has 1 aromatic rings. The van der Waals surface area contributed by atoms with Crippen molar-refractivity contribution in [1.29, 1.82) is 0 Å². The minimum absolute atomic E-state index is 0.0604. The largest absolute Gasteiger partial charge is 0.349 e. The number of rotatable bonds is 5. The van der Waals surface area contributed by atoms with E-state index in [1.54, 1.807) is 0 Å². The predicted molar refractivity (Wildman–Crippen MR) is 87.5 cm³/mol. The first-order valence-electron chi connectivity index (χ1n) is 7.85. The fourth-order valence-electron chi connectivity index (χ4n) is 3.23. The Bertz CT molecular complexity index is 478. The van der Waals surface area contributed by atoms with Gasteiger partial charge in [-0.15, -0.1) is 0 Å². The third-order valence-corrected chi connectivity index (χ3v) is 4.83. The summed E-state index contributed by atoms with van der Waals surface area (Å²) in [5, 5.41) is 7.24. The van der Waals surface area contributed by atoms with Gasteiger partial charge in [0, 0.05) is 5.02 Å². The molecular weight excluding hydrogens is 284 g/mol. The van der Waals surface area contributed by atoms with Crippen molar-refractivity contribution in [3.8, 4) is 0 Å².